The maximum Gasteiger partial charge on any atom is 0.221 e. The van der Waals surface area contributed by atoms with E-state index in [1.54, 1.807) is 6.07 Å². The maximum atomic E-state index is 13.7. The minimum atomic E-state index is -0.340. The number of carbonyl (C=O) groups excluding carboxylic acids is 1. The average Bonchev–Trinajstić information content (AvgIpc) is 2.40. The van der Waals surface area contributed by atoms with Gasteiger partial charge in [-0.1, -0.05) is 24.3 Å². The van der Waals surface area contributed by atoms with Crippen LogP contribution in [0.15, 0.2) is 42.5 Å². The molecule has 0 radical (unpaired) electrons. The summed E-state index contributed by atoms with van der Waals surface area (Å²) in [7, 11) is 0. The number of benzene rings is 2. The van der Waals surface area contributed by atoms with E-state index in [2.05, 4.69) is 10.6 Å². The standard InChI is InChI=1S/C16H17FN2O/c1-11-5-3-4-6-13(11)10-18-16-9-14(19-12(2)20)7-8-15(16)17/h3-9,18H,10H2,1-2H3,(H,19,20). The second-order valence-electron chi connectivity index (χ2n) is 4.66. The zero-order valence-corrected chi connectivity index (χ0v) is 11.5. The third-order valence-electron chi connectivity index (χ3n) is 3.02. The van der Waals surface area contributed by atoms with E-state index in [9.17, 15) is 9.18 Å². The lowest BCUT2D eigenvalue weighted by Crippen LogP contribution is -2.07. The fraction of sp³-hybridized carbons (Fsp3) is 0.188. The minimum absolute atomic E-state index is 0.179. The second-order valence-corrected chi connectivity index (χ2v) is 4.66. The van der Waals surface area contributed by atoms with Gasteiger partial charge in [-0.3, -0.25) is 4.79 Å². The molecule has 2 rings (SSSR count). The molecule has 2 N–H and O–H groups in total. The molecule has 0 fully saturated rings. The number of carbonyl (C=O) groups is 1. The van der Waals surface area contributed by atoms with Gasteiger partial charge >= 0.3 is 0 Å². The molecule has 3 nitrogen and oxygen atoms in total. The average molecular weight is 272 g/mol. The highest BCUT2D eigenvalue weighted by molar-refractivity contribution is 5.89. The molecule has 0 aliphatic heterocycles. The molecule has 0 spiro atoms. The molecule has 20 heavy (non-hydrogen) atoms. The number of aryl methyl sites for hydroxylation is 1. The van der Waals surface area contributed by atoms with Gasteiger partial charge in [0.1, 0.15) is 5.82 Å². The van der Waals surface area contributed by atoms with Gasteiger partial charge in [-0.15, -0.1) is 0 Å². The van der Waals surface area contributed by atoms with E-state index >= 15 is 0 Å². The Bertz CT molecular complexity index is 626. The smallest absolute Gasteiger partial charge is 0.221 e. The predicted molar refractivity (Wildman–Crippen MR) is 79.2 cm³/mol. The van der Waals surface area contributed by atoms with Gasteiger partial charge < -0.3 is 10.6 Å². The second kappa shape index (κ2) is 6.19. The van der Waals surface area contributed by atoms with Crippen LogP contribution in [-0.2, 0) is 11.3 Å². The number of amides is 1. The molecule has 2 aromatic rings. The zero-order valence-electron chi connectivity index (χ0n) is 11.5. The van der Waals surface area contributed by atoms with E-state index in [-0.39, 0.29) is 11.7 Å². The molecule has 2 aromatic carbocycles. The largest absolute Gasteiger partial charge is 0.379 e. The maximum absolute atomic E-state index is 13.7. The van der Waals surface area contributed by atoms with Crippen molar-refractivity contribution in [3.63, 3.8) is 0 Å². The SMILES string of the molecule is CC(=O)Nc1ccc(F)c(NCc2ccccc2C)c1. The zero-order chi connectivity index (χ0) is 14.5. The summed E-state index contributed by atoms with van der Waals surface area (Å²) in [5.74, 6) is -0.519. The fourth-order valence-electron chi connectivity index (χ4n) is 1.94. The van der Waals surface area contributed by atoms with E-state index in [1.807, 2.05) is 31.2 Å². The Morgan fingerprint density at radius 3 is 2.65 bits per heavy atom. The third-order valence-corrected chi connectivity index (χ3v) is 3.02. The van der Waals surface area contributed by atoms with E-state index in [4.69, 9.17) is 0 Å². The van der Waals surface area contributed by atoms with Gasteiger partial charge in [0.25, 0.3) is 0 Å². The van der Waals surface area contributed by atoms with Crippen LogP contribution in [0.5, 0.6) is 0 Å². The summed E-state index contributed by atoms with van der Waals surface area (Å²) >= 11 is 0. The molecule has 0 aliphatic carbocycles. The number of nitrogens with one attached hydrogen (secondary N) is 2. The van der Waals surface area contributed by atoms with Gasteiger partial charge in [0.2, 0.25) is 5.91 Å². The topological polar surface area (TPSA) is 41.1 Å². The van der Waals surface area contributed by atoms with Crippen molar-refractivity contribution in [1.29, 1.82) is 0 Å². The van der Waals surface area contributed by atoms with Gasteiger partial charge in [0.15, 0.2) is 0 Å². The van der Waals surface area contributed by atoms with Crippen LogP contribution in [0, 0.1) is 12.7 Å². The molecule has 104 valence electrons. The van der Waals surface area contributed by atoms with Crippen molar-refractivity contribution in [2.24, 2.45) is 0 Å². The normalized spacial score (nSPS) is 10.2. The Morgan fingerprint density at radius 2 is 1.95 bits per heavy atom. The van der Waals surface area contributed by atoms with E-state index in [0.29, 0.717) is 17.9 Å². The summed E-state index contributed by atoms with van der Waals surface area (Å²) in [5.41, 5.74) is 3.21. The lowest BCUT2D eigenvalue weighted by Gasteiger charge is -2.11. The lowest BCUT2D eigenvalue weighted by atomic mass is 10.1. The Kier molecular flexibility index (Phi) is 4.35. The van der Waals surface area contributed by atoms with Gasteiger partial charge in [-0.25, -0.2) is 4.39 Å². The number of anilines is 2. The molecule has 0 unspecified atom stereocenters. The molecule has 4 heteroatoms. The Morgan fingerprint density at radius 1 is 1.20 bits per heavy atom. The van der Waals surface area contributed by atoms with Gasteiger partial charge in [-0.2, -0.15) is 0 Å². The summed E-state index contributed by atoms with van der Waals surface area (Å²) in [5, 5.41) is 5.69. The summed E-state index contributed by atoms with van der Waals surface area (Å²) in [6, 6.07) is 12.4. The molecule has 0 bridgehead atoms. The molecule has 0 atom stereocenters. The highest BCUT2D eigenvalue weighted by atomic mass is 19.1. The Hall–Kier alpha value is -2.36. The van der Waals surface area contributed by atoms with E-state index < -0.39 is 0 Å². The lowest BCUT2D eigenvalue weighted by molar-refractivity contribution is -0.114. The van der Waals surface area contributed by atoms with Crippen LogP contribution < -0.4 is 10.6 Å². The predicted octanol–water partition coefficient (Wildman–Crippen LogP) is 3.70. The van der Waals surface area contributed by atoms with Crippen LogP contribution in [0.2, 0.25) is 0 Å². The van der Waals surface area contributed by atoms with Crippen molar-refractivity contribution in [3.8, 4) is 0 Å². The summed E-state index contributed by atoms with van der Waals surface area (Å²) in [4.78, 5) is 11.0. The number of hydrogen-bond acceptors (Lipinski definition) is 2. The number of hydrogen-bond donors (Lipinski definition) is 2. The van der Waals surface area contributed by atoms with Crippen LogP contribution in [0.1, 0.15) is 18.1 Å². The minimum Gasteiger partial charge on any atom is -0.379 e. The van der Waals surface area contributed by atoms with Crippen molar-refractivity contribution in [3.05, 3.63) is 59.4 Å². The molecule has 0 saturated carbocycles. The van der Waals surface area contributed by atoms with Crippen LogP contribution in [-0.4, -0.2) is 5.91 Å². The Labute approximate surface area is 117 Å². The molecule has 0 saturated heterocycles. The summed E-state index contributed by atoms with van der Waals surface area (Å²) in [6.07, 6.45) is 0. The van der Waals surface area contributed by atoms with E-state index in [1.165, 1.54) is 19.1 Å². The summed E-state index contributed by atoms with van der Waals surface area (Å²) < 4.78 is 13.7. The molecule has 0 heterocycles. The van der Waals surface area contributed by atoms with Crippen molar-refractivity contribution >= 4 is 17.3 Å². The molecule has 0 aromatic heterocycles. The Balaban J connectivity index is 2.12. The van der Waals surface area contributed by atoms with Crippen LogP contribution in [0.3, 0.4) is 0 Å². The highest BCUT2D eigenvalue weighted by Crippen LogP contribution is 2.21. The van der Waals surface area contributed by atoms with Gasteiger partial charge in [0, 0.05) is 19.2 Å². The monoisotopic (exact) mass is 272 g/mol. The number of rotatable bonds is 4. The van der Waals surface area contributed by atoms with Crippen LogP contribution in [0.4, 0.5) is 15.8 Å². The first kappa shape index (κ1) is 14.1. The van der Waals surface area contributed by atoms with Gasteiger partial charge in [0.05, 0.1) is 5.69 Å². The van der Waals surface area contributed by atoms with Crippen LogP contribution in [0.25, 0.3) is 0 Å². The van der Waals surface area contributed by atoms with Crippen molar-refractivity contribution in [1.82, 2.24) is 0 Å². The third kappa shape index (κ3) is 3.57. The summed E-state index contributed by atoms with van der Waals surface area (Å²) in [6.45, 7) is 3.97. The van der Waals surface area contributed by atoms with E-state index in [0.717, 1.165) is 11.1 Å². The molecular weight excluding hydrogens is 255 g/mol. The van der Waals surface area contributed by atoms with Gasteiger partial charge in [-0.05, 0) is 36.2 Å². The molecular formula is C16H17FN2O. The molecule has 0 aliphatic rings. The fourth-order valence-corrected chi connectivity index (χ4v) is 1.94. The van der Waals surface area contributed by atoms with Crippen molar-refractivity contribution < 1.29 is 9.18 Å². The quantitative estimate of drug-likeness (QED) is 0.891. The van der Waals surface area contributed by atoms with Crippen LogP contribution >= 0.6 is 0 Å². The molecule has 1 amide bonds. The van der Waals surface area contributed by atoms with Crippen molar-refractivity contribution in [2.45, 2.75) is 20.4 Å². The highest BCUT2D eigenvalue weighted by Gasteiger charge is 2.05. The first-order chi connectivity index (χ1) is 9.56. The number of halogens is 1. The van der Waals surface area contributed by atoms with Crippen molar-refractivity contribution in [2.75, 3.05) is 10.6 Å². The first-order valence-electron chi connectivity index (χ1n) is 6.42. The first-order valence-corrected chi connectivity index (χ1v) is 6.42.